The number of aliphatic hydroxyl groups is 1. The van der Waals surface area contributed by atoms with Crippen LogP contribution < -0.4 is 10.1 Å². The van der Waals surface area contributed by atoms with Crippen molar-refractivity contribution in [3.8, 4) is 22.9 Å². The van der Waals surface area contributed by atoms with Gasteiger partial charge in [-0.1, -0.05) is 11.6 Å². The van der Waals surface area contributed by atoms with Gasteiger partial charge >= 0.3 is 6.09 Å². The molecule has 9 nitrogen and oxygen atoms in total. The van der Waals surface area contributed by atoms with Crippen molar-refractivity contribution in [3.05, 3.63) is 53.6 Å². The fraction of sp³-hybridized carbons (Fsp3) is 0.176. The minimum atomic E-state index is -1.23. The van der Waals surface area contributed by atoms with Crippen molar-refractivity contribution in [3.63, 3.8) is 0 Å². The van der Waals surface area contributed by atoms with E-state index in [2.05, 4.69) is 20.7 Å². The van der Waals surface area contributed by atoms with E-state index in [0.717, 1.165) is 5.56 Å². The Balaban J connectivity index is 1.66. The number of halogens is 1. The van der Waals surface area contributed by atoms with Crippen molar-refractivity contribution in [2.45, 2.75) is 12.6 Å². The normalized spacial score (nSPS) is 11.8. The number of carbonyl (C=O) groups is 1. The molecule has 0 spiro atoms. The van der Waals surface area contributed by atoms with Gasteiger partial charge in [0.1, 0.15) is 11.5 Å². The smallest absolute Gasteiger partial charge is 0.405 e. The predicted molar refractivity (Wildman–Crippen MR) is 96.8 cm³/mol. The van der Waals surface area contributed by atoms with Crippen molar-refractivity contribution in [1.29, 1.82) is 0 Å². The number of hydrogen-bond donors (Lipinski definition) is 3. The van der Waals surface area contributed by atoms with Gasteiger partial charge in [-0.05, 0) is 53.7 Å². The highest BCUT2D eigenvalue weighted by atomic mass is 35.5. The van der Waals surface area contributed by atoms with E-state index in [1.54, 1.807) is 48.5 Å². The fourth-order valence-corrected chi connectivity index (χ4v) is 2.39. The van der Waals surface area contributed by atoms with Gasteiger partial charge in [0, 0.05) is 10.6 Å². The highest BCUT2D eigenvalue weighted by Crippen LogP contribution is 2.25. The van der Waals surface area contributed by atoms with E-state index in [9.17, 15) is 9.90 Å². The summed E-state index contributed by atoms with van der Waals surface area (Å²) in [6, 6.07) is 13.4. The molecule has 0 radical (unpaired) electrons. The van der Waals surface area contributed by atoms with Crippen LogP contribution in [-0.4, -0.2) is 49.2 Å². The second-order valence-electron chi connectivity index (χ2n) is 5.58. The first-order valence-electron chi connectivity index (χ1n) is 7.95. The molecule has 140 valence electrons. The average Bonchev–Trinajstić information content (AvgIpc) is 3.12. The molecular weight excluding hydrogens is 374 g/mol. The van der Waals surface area contributed by atoms with E-state index in [1.807, 2.05) is 0 Å². The van der Waals surface area contributed by atoms with Gasteiger partial charge in [-0.3, -0.25) is 0 Å². The maximum atomic E-state index is 10.7. The summed E-state index contributed by atoms with van der Waals surface area (Å²) in [6.07, 6.45) is -1.23. The zero-order valence-electron chi connectivity index (χ0n) is 14.0. The van der Waals surface area contributed by atoms with Crippen molar-refractivity contribution in [2.24, 2.45) is 0 Å². The lowest BCUT2D eigenvalue weighted by molar-refractivity contribution is 0.170. The van der Waals surface area contributed by atoms with Crippen LogP contribution in [0.5, 0.6) is 11.5 Å². The quantitative estimate of drug-likeness (QED) is 0.567. The number of aliphatic hydroxyl groups excluding tert-OH is 1. The molecule has 0 aliphatic rings. The largest absolute Gasteiger partial charge is 0.465 e. The Morgan fingerprint density at radius 3 is 2.37 bits per heavy atom. The van der Waals surface area contributed by atoms with Gasteiger partial charge in [0.25, 0.3) is 0 Å². The number of ether oxygens (including phenoxy) is 1. The van der Waals surface area contributed by atoms with Crippen LogP contribution in [-0.2, 0) is 6.54 Å². The van der Waals surface area contributed by atoms with Gasteiger partial charge in [0.2, 0.25) is 5.82 Å². The molecule has 3 aromatic rings. The summed E-state index contributed by atoms with van der Waals surface area (Å²) >= 11 is 5.85. The summed E-state index contributed by atoms with van der Waals surface area (Å²) in [5.74, 6) is 1.68. The van der Waals surface area contributed by atoms with Gasteiger partial charge in [-0.25, -0.2) is 4.79 Å². The number of hydrogen-bond acceptors (Lipinski definition) is 6. The number of amides is 1. The van der Waals surface area contributed by atoms with Crippen molar-refractivity contribution >= 4 is 17.7 Å². The number of aromatic nitrogens is 4. The van der Waals surface area contributed by atoms with Gasteiger partial charge in [0.05, 0.1) is 19.2 Å². The number of rotatable bonds is 7. The van der Waals surface area contributed by atoms with E-state index in [0.29, 0.717) is 22.3 Å². The van der Waals surface area contributed by atoms with Crippen molar-refractivity contribution < 1.29 is 19.7 Å². The van der Waals surface area contributed by atoms with Crippen LogP contribution in [0.1, 0.15) is 0 Å². The topological polar surface area (TPSA) is 122 Å². The molecule has 3 rings (SSSR count). The summed E-state index contributed by atoms with van der Waals surface area (Å²) in [7, 11) is 0. The molecule has 0 unspecified atom stereocenters. The lowest BCUT2D eigenvalue weighted by atomic mass is 10.2. The monoisotopic (exact) mass is 389 g/mol. The van der Waals surface area contributed by atoms with Crippen LogP contribution in [0.25, 0.3) is 11.4 Å². The molecule has 0 aliphatic carbocycles. The minimum Gasteiger partial charge on any atom is -0.465 e. The molecule has 3 N–H and O–H groups in total. The van der Waals surface area contributed by atoms with Gasteiger partial charge < -0.3 is 20.3 Å². The summed E-state index contributed by atoms with van der Waals surface area (Å²) in [5.41, 5.74) is 0.719. The number of nitrogens with zero attached hydrogens (tertiary/aromatic N) is 4. The van der Waals surface area contributed by atoms with E-state index < -0.39 is 12.1 Å². The molecule has 0 fully saturated rings. The zero-order valence-corrected chi connectivity index (χ0v) is 14.7. The Morgan fingerprint density at radius 2 is 1.78 bits per heavy atom. The third-order valence-corrected chi connectivity index (χ3v) is 3.80. The molecule has 0 bridgehead atoms. The number of nitrogens with one attached hydrogen (secondary N) is 1. The number of tetrazole rings is 1. The first-order chi connectivity index (χ1) is 13.0. The molecule has 0 saturated carbocycles. The average molecular weight is 390 g/mol. The lowest BCUT2D eigenvalue weighted by Gasteiger charge is -2.12. The highest BCUT2D eigenvalue weighted by molar-refractivity contribution is 6.30. The minimum absolute atomic E-state index is 0.0631. The van der Waals surface area contributed by atoms with E-state index in [4.69, 9.17) is 21.4 Å². The van der Waals surface area contributed by atoms with Crippen LogP contribution in [0.3, 0.4) is 0 Å². The maximum Gasteiger partial charge on any atom is 0.405 e. The fourth-order valence-electron chi connectivity index (χ4n) is 2.27. The second kappa shape index (κ2) is 8.47. The van der Waals surface area contributed by atoms with E-state index >= 15 is 0 Å². The Kier molecular flexibility index (Phi) is 5.84. The van der Waals surface area contributed by atoms with Gasteiger partial charge in [0.15, 0.2) is 0 Å². The Labute approximate surface area is 159 Å². The highest BCUT2D eigenvalue weighted by Gasteiger charge is 2.14. The number of carboxylic acid groups (broad SMARTS) is 1. The molecule has 2 aromatic carbocycles. The Bertz CT molecular complexity index is 898. The third-order valence-electron chi connectivity index (χ3n) is 3.55. The third kappa shape index (κ3) is 5.16. The van der Waals surface area contributed by atoms with E-state index in [-0.39, 0.29) is 13.2 Å². The van der Waals surface area contributed by atoms with Gasteiger partial charge in [-0.15, -0.1) is 10.2 Å². The van der Waals surface area contributed by atoms with Crippen LogP contribution in [0.4, 0.5) is 4.79 Å². The molecule has 27 heavy (non-hydrogen) atoms. The Hall–Kier alpha value is -3.17. The Morgan fingerprint density at radius 1 is 1.15 bits per heavy atom. The molecule has 1 atom stereocenters. The molecule has 1 aromatic heterocycles. The molecule has 0 aliphatic heterocycles. The zero-order chi connectivity index (χ0) is 19.2. The number of benzene rings is 2. The van der Waals surface area contributed by atoms with Crippen LogP contribution >= 0.6 is 11.6 Å². The summed E-state index contributed by atoms with van der Waals surface area (Å²) in [6.45, 7) is -0.312. The van der Waals surface area contributed by atoms with Crippen LogP contribution in [0.2, 0.25) is 5.02 Å². The van der Waals surface area contributed by atoms with Crippen molar-refractivity contribution in [2.75, 3.05) is 6.61 Å². The summed E-state index contributed by atoms with van der Waals surface area (Å²) in [4.78, 5) is 11.9. The predicted octanol–water partition coefficient (Wildman–Crippen LogP) is 2.41. The standard InChI is InChI=1S/C17H16ClN5O4/c18-12-3-7-15(8-4-12)27-14-5-1-11(2-6-14)16-20-22-23(21-16)9-13(10-24)19-17(25)26/h1-8,13,19,24H,9-10H2,(H,25,26)/t13-/m0/s1. The SMILES string of the molecule is O=C(O)N[C@H](CO)Cn1nnc(-c2ccc(Oc3ccc(Cl)cc3)cc2)n1. The van der Waals surface area contributed by atoms with Crippen LogP contribution in [0.15, 0.2) is 48.5 Å². The molecule has 0 saturated heterocycles. The van der Waals surface area contributed by atoms with Crippen molar-refractivity contribution in [1.82, 2.24) is 25.5 Å². The molecule has 10 heteroatoms. The summed E-state index contributed by atoms with van der Waals surface area (Å²) < 4.78 is 5.72. The molecular formula is C17H16ClN5O4. The molecule has 1 heterocycles. The molecule has 1 amide bonds. The lowest BCUT2D eigenvalue weighted by Crippen LogP contribution is -2.40. The first kappa shape index (κ1) is 18.6. The first-order valence-corrected chi connectivity index (χ1v) is 8.33. The van der Waals surface area contributed by atoms with E-state index in [1.165, 1.54) is 4.80 Å². The van der Waals surface area contributed by atoms with Gasteiger partial charge in [-0.2, -0.15) is 4.80 Å². The summed E-state index contributed by atoms with van der Waals surface area (Å²) in [5, 5.41) is 32.7. The van der Waals surface area contributed by atoms with Crippen LogP contribution in [0, 0.1) is 0 Å². The maximum absolute atomic E-state index is 10.7. The second-order valence-corrected chi connectivity index (χ2v) is 6.01.